The van der Waals surface area contributed by atoms with Crippen LogP contribution in [0.4, 0.5) is 18.0 Å². The first-order chi connectivity index (χ1) is 9.53. The number of carbonyl (C=O) groups excluding carboxylic acids is 1. The molecule has 0 aliphatic heterocycles. The lowest BCUT2D eigenvalue weighted by molar-refractivity contribution is -0.156. The number of nitrogens with one attached hydrogen (secondary N) is 1. The number of hydrogen-bond donors (Lipinski definition) is 1. The van der Waals surface area contributed by atoms with Crippen LogP contribution in [0.2, 0.25) is 0 Å². The molecule has 0 heterocycles. The molecule has 1 aromatic rings. The Hall–Kier alpha value is -2.23. The van der Waals surface area contributed by atoms with Crippen LogP contribution in [0, 0.1) is 11.3 Å². The van der Waals surface area contributed by atoms with Gasteiger partial charge in [-0.25, -0.2) is 4.79 Å². The van der Waals surface area contributed by atoms with E-state index in [1.807, 2.05) is 6.07 Å². The number of alkyl carbamates (subject to hydrolysis) is 1. The summed E-state index contributed by atoms with van der Waals surface area (Å²) in [6.45, 7) is 4.66. The first-order valence-corrected chi connectivity index (χ1v) is 6.09. The molecule has 1 atom stereocenters. The molecule has 0 aliphatic rings. The highest BCUT2D eigenvalue weighted by Crippen LogP contribution is 2.33. The van der Waals surface area contributed by atoms with E-state index in [2.05, 4.69) is 0 Å². The van der Waals surface area contributed by atoms with Crippen molar-refractivity contribution < 1.29 is 22.7 Å². The van der Waals surface area contributed by atoms with Crippen molar-refractivity contribution in [3.8, 4) is 6.07 Å². The van der Waals surface area contributed by atoms with Gasteiger partial charge in [-0.1, -0.05) is 12.1 Å². The average molecular weight is 300 g/mol. The number of nitriles is 1. The number of amides is 1. The highest BCUT2D eigenvalue weighted by molar-refractivity contribution is 5.68. The lowest BCUT2D eigenvalue weighted by Crippen LogP contribution is -2.41. The van der Waals surface area contributed by atoms with E-state index < -0.39 is 23.9 Å². The summed E-state index contributed by atoms with van der Waals surface area (Å²) in [6, 6.07) is 4.42. The maximum atomic E-state index is 13.0. The predicted molar refractivity (Wildman–Crippen MR) is 69.3 cm³/mol. The molecule has 0 fully saturated rings. The summed E-state index contributed by atoms with van der Waals surface area (Å²) in [5.74, 6) is 0. The van der Waals surface area contributed by atoms with Crippen LogP contribution in [-0.2, 0) is 4.74 Å². The molecule has 4 nitrogen and oxygen atoms in total. The van der Waals surface area contributed by atoms with Gasteiger partial charge >= 0.3 is 12.3 Å². The fourth-order valence-corrected chi connectivity index (χ4v) is 1.53. The second-order valence-electron chi connectivity index (χ2n) is 5.35. The second kappa shape index (κ2) is 6.04. The molecule has 0 saturated carbocycles. The van der Waals surface area contributed by atoms with Crippen LogP contribution >= 0.6 is 0 Å². The molecule has 1 amide bonds. The van der Waals surface area contributed by atoms with Gasteiger partial charge in [0.05, 0.1) is 11.6 Å². The minimum Gasteiger partial charge on any atom is -0.444 e. The maximum Gasteiger partial charge on any atom is 0.412 e. The average Bonchev–Trinajstić information content (AvgIpc) is 2.33. The SMILES string of the molecule is CC(C)(C)OC(=O)NC(c1ccc(C#N)cc1)C(F)(F)F. The molecule has 0 aromatic heterocycles. The molecule has 0 radical (unpaired) electrons. The van der Waals surface area contributed by atoms with Crippen LogP contribution < -0.4 is 5.32 Å². The van der Waals surface area contributed by atoms with Crippen LogP contribution in [-0.4, -0.2) is 17.9 Å². The molecule has 7 heteroatoms. The van der Waals surface area contributed by atoms with E-state index in [-0.39, 0.29) is 11.1 Å². The third-order valence-corrected chi connectivity index (χ3v) is 2.36. The molecule has 1 aromatic carbocycles. The third kappa shape index (κ3) is 5.34. The van der Waals surface area contributed by atoms with Gasteiger partial charge in [0.2, 0.25) is 0 Å². The van der Waals surface area contributed by atoms with Crippen molar-refractivity contribution in [1.82, 2.24) is 5.32 Å². The van der Waals surface area contributed by atoms with Crippen molar-refractivity contribution >= 4 is 6.09 Å². The Labute approximate surface area is 120 Å². The number of ether oxygens (including phenoxy) is 1. The van der Waals surface area contributed by atoms with Gasteiger partial charge in [-0.15, -0.1) is 0 Å². The first kappa shape index (κ1) is 16.8. The first-order valence-electron chi connectivity index (χ1n) is 6.09. The number of hydrogen-bond acceptors (Lipinski definition) is 3. The van der Waals surface area contributed by atoms with Crippen LogP contribution in [0.3, 0.4) is 0 Å². The maximum absolute atomic E-state index is 13.0. The number of halogens is 3. The van der Waals surface area contributed by atoms with E-state index >= 15 is 0 Å². The standard InChI is InChI=1S/C14H15F3N2O2/c1-13(2,3)21-12(20)19-11(14(15,16)17)10-6-4-9(8-18)5-7-10/h4-7,11H,1-3H3,(H,19,20). The molecular formula is C14H15F3N2O2. The molecule has 0 saturated heterocycles. The summed E-state index contributed by atoms with van der Waals surface area (Å²) in [6.07, 6.45) is -5.83. The highest BCUT2D eigenvalue weighted by atomic mass is 19.4. The Morgan fingerprint density at radius 2 is 1.76 bits per heavy atom. The molecule has 1 rings (SSSR count). The quantitative estimate of drug-likeness (QED) is 0.906. The number of carbonyl (C=O) groups is 1. The normalized spacial score (nSPS) is 13.2. The van der Waals surface area contributed by atoms with Gasteiger partial charge in [0.1, 0.15) is 5.60 Å². The smallest absolute Gasteiger partial charge is 0.412 e. The third-order valence-electron chi connectivity index (χ3n) is 2.36. The summed E-state index contributed by atoms with van der Waals surface area (Å²) >= 11 is 0. The Morgan fingerprint density at radius 3 is 2.14 bits per heavy atom. The molecule has 0 bridgehead atoms. The summed E-state index contributed by atoms with van der Waals surface area (Å²) in [5, 5.41) is 10.4. The minimum atomic E-state index is -4.68. The van der Waals surface area contributed by atoms with Crippen LogP contribution in [0.25, 0.3) is 0 Å². The largest absolute Gasteiger partial charge is 0.444 e. The van der Waals surface area contributed by atoms with Gasteiger partial charge in [0, 0.05) is 0 Å². The van der Waals surface area contributed by atoms with Crippen molar-refractivity contribution in [1.29, 1.82) is 5.26 Å². The van der Waals surface area contributed by atoms with E-state index in [0.717, 1.165) is 12.1 Å². The Kier molecular flexibility index (Phi) is 4.84. The van der Waals surface area contributed by atoms with Crippen molar-refractivity contribution in [2.75, 3.05) is 0 Å². The van der Waals surface area contributed by atoms with Crippen molar-refractivity contribution in [3.05, 3.63) is 35.4 Å². The number of rotatable bonds is 2. The van der Waals surface area contributed by atoms with E-state index in [0.29, 0.717) is 0 Å². The fraction of sp³-hybridized carbons (Fsp3) is 0.429. The van der Waals surface area contributed by atoms with Gasteiger partial charge in [-0.3, -0.25) is 0 Å². The number of benzene rings is 1. The van der Waals surface area contributed by atoms with E-state index in [4.69, 9.17) is 10.00 Å². The van der Waals surface area contributed by atoms with Gasteiger partial charge in [0.25, 0.3) is 0 Å². The molecule has 21 heavy (non-hydrogen) atoms. The molecule has 0 aliphatic carbocycles. The second-order valence-corrected chi connectivity index (χ2v) is 5.35. The fourth-order valence-electron chi connectivity index (χ4n) is 1.53. The van der Waals surface area contributed by atoms with Crippen LogP contribution in [0.5, 0.6) is 0 Å². The zero-order chi connectivity index (χ0) is 16.3. The van der Waals surface area contributed by atoms with Crippen molar-refractivity contribution in [2.24, 2.45) is 0 Å². The molecule has 1 unspecified atom stereocenters. The minimum absolute atomic E-state index is 0.174. The topological polar surface area (TPSA) is 62.1 Å². The zero-order valence-electron chi connectivity index (χ0n) is 11.8. The van der Waals surface area contributed by atoms with Gasteiger partial charge in [-0.05, 0) is 38.5 Å². The Bertz CT molecular complexity index is 539. The number of nitrogens with zero attached hydrogens (tertiary/aromatic N) is 1. The summed E-state index contributed by atoms with van der Waals surface area (Å²) in [5.41, 5.74) is -0.838. The van der Waals surface area contributed by atoms with Crippen LogP contribution in [0.15, 0.2) is 24.3 Å². The zero-order valence-corrected chi connectivity index (χ0v) is 11.8. The van der Waals surface area contributed by atoms with E-state index in [1.165, 1.54) is 12.1 Å². The highest BCUT2D eigenvalue weighted by Gasteiger charge is 2.42. The van der Waals surface area contributed by atoms with E-state index in [1.54, 1.807) is 26.1 Å². The van der Waals surface area contributed by atoms with Gasteiger partial charge in [0.15, 0.2) is 6.04 Å². The Balaban J connectivity index is 2.96. The molecule has 1 N–H and O–H groups in total. The summed E-state index contributed by atoms with van der Waals surface area (Å²) in [4.78, 5) is 11.5. The van der Waals surface area contributed by atoms with Gasteiger partial charge in [-0.2, -0.15) is 18.4 Å². The van der Waals surface area contributed by atoms with Crippen LogP contribution in [0.1, 0.15) is 37.9 Å². The van der Waals surface area contributed by atoms with E-state index in [9.17, 15) is 18.0 Å². The lowest BCUT2D eigenvalue weighted by atomic mass is 10.0. The summed E-state index contributed by atoms with van der Waals surface area (Å²) in [7, 11) is 0. The predicted octanol–water partition coefficient (Wildman–Crippen LogP) is 3.69. The van der Waals surface area contributed by atoms with Crippen molar-refractivity contribution in [3.63, 3.8) is 0 Å². The molecular weight excluding hydrogens is 285 g/mol. The summed E-state index contributed by atoms with van der Waals surface area (Å²) < 4.78 is 44.0. The lowest BCUT2D eigenvalue weighted by Gasteiger charge is -2.25. The monoisotopic (exact) mass is 300 g/mol. The van der Waals surface area contributed by atoms with Gasteiger partial charge < -0.3 is 10.1 Å². The Morgan fingerprint density at radius 1 is 1.24 bits per heavy atom. The molecule has 114 valence electrons. The molecule has 0 spiro atoms. The van der Waals surface area contributed by atoms with Crippen molar-refractivity contribution in [2.45, 2.75) is 38.6 Å². The number of alkyl halides is 3.